The number of aromatic hydroxyl groups is 1. The molecule has 0 amide bonds. The van der Waals surface area contributed by atoms with Gasteiger partial charge in [0, 0.05) is 43.5 Å². The minimum atomic E-state index is 0.228. The molecule has 6 heteroatoms. The zero-order valence-corrected chi connectivity index (χ0v) is 14.4. The number of para-hydroxylation sites is 1. The molecule has 3 rings (SSSR count). The number of phenolic OH excluding ortho intramolecular Hbond substituents is 1. The number of nitrogens with two attached hydrogens (primary N) is 2. The third-order valence-electron chi connectivity index (χ3n) is 5.23. The predicted molar refractivity (Wildman–Crippen MR) is 96.7 cm³/mol. The molecule has 2 aliphatic heterocycles. The fraction of sp³-hybridized carbons (Fsp3) is 0.444. The van der Waals surface area contributed by atoms with Crippen LogP contribution in [-0.4, -0.2) is 54.2 Å². The molecule has 0 spiro atoms. The van der Waals surface area contributed by atoms with Gasteiger partial charge in [-0.25, -0.2) is 0 Å². The van der Waals surface area contributed by atoms with E-state index in [0.29, 0.717) is 17.9 Å². The van der Waals surface area contributed by atoms with Crippen LogP contribution in [0.25, 0.3) is 5.70 Å². The Bertz CT molecular complexity index is 651. The molecule has 2 unspecified atom stereocenters. The highest BCUT2D eigenvalue weighted by Crippen LogP contribution is 2.31. The van der Waals surface area contributed by atoms with Crippen LogP contribution in [0.2, 0.25) is 0 Å². The number of benzene rings is 1. The lowest BCUT2D eigenvalue weighted by molar-refractivity contribution is 0.114. The van der Waals surface area contributed by atoms with Gasteiger partial charge in [0.15, 0.2) is 0 Å². The van der Waals surface area contributed by atoms with Crippen molar-refractivity contribution in [1.29, 1.82) is 0 Å². The van der Waals surface area contributed by atoms with Gasteiger partial charge < -0.3 is 26.8 Å². The van der Waals surface area contributed by atoms with Crippen LogP contribution in [-0.2, 0) is 0 Å². The van der Waals surface area contributed by atoms with E-state index in [1.54, 1.807) is 12.1 Å². The van der Waals surface area contributed by atoms with Crippen LogP contribution in [0.4, 0.5) is 0 Å². The minimum Gasteiger partial charge on any atom is -0.507 e. The lowest BCUT2D eigenvalue weighted by atomic mass is 10.1. The van der Waals surface area contributed by atoms with Crippen molar-refractivity contribution in [2.75, 3.05) is 27.2 Å². The highest BCUT2D eigenvalue weighted by Gasteiger charge is 2.38. The van der Waals surface area contributed by atoms with Gasteiger partial charge in [-0.15, -0.1) is 0 Å². The van der Waals surface area contributed by atoms with E-state index in [1.807, 2.05) is 25.3 Å². The number of nitrogens with zero attached hydrogens (tertiary/aromatic N) is 2. The van der Waals surface area contributed by atoms with Crippen LogP contribution >= 0.6 is 0 Å². The summed E-state index contributed by atoms with van der Waals surface area (Å²) in [5.74, 6) is 0.536. The Balaban J connectivity index is 1.92. The number of nitrogens with one attached hydrogen (secondary N) is 1. The monoisotopic (exact) mass is 329 g/mol. The second-order valence-corrected chi connectivity index (χ2v) is 6.62. The molecule has 6 nitrogen and oxygen atoms in total. The molecule has 24 heavy (non-hydrogen) atoms. The molecule has 0 aromatic heterocycles. The second-order valence-electron chi connectivity index (χ2n) is 6.62. The van der Waals surface area contributed by atoms with Gasteiger partial charge in [0.2, 0.25) is 0 Å². The second kappa shape index (κ2) is 6.65. The third-order valence-corrected chi connectivity index (χ3v) is 5.23. The smallest absolute Gasteiger partial charge is 0.124 e. The Kier molecular flexibility index (Phi) is 4.57. The maximum absolute atomic E-state index is 10.1. The van der Waals surface area contributed by atoms with Gasteiger partial charge in [0.1, 0.15) is 11.6 Å². The molecule has 2 aliphatic rings. The molecule has 1 aromatic rings. The Morgan fingerprint density at radius 3 is 2.38 bits per heavy atom. The summed E-state index contributed by atoms with van der Waals surface area (Å²) in [6.07, 6.45) is 4.38. The molecule has 6 N–H and O–H groups in total. The molecular formula is C18H27N5O. The Hall–Kier alpha value is -2.34. The Labute approximate surface area is 143 Å². The fourth-order valence-corrected chi connectivity index (χ4v) is 3.79. The molecule has 1 aromatic carbocycles. The number of fused-ring (bicyclic) bond motifs is 2. The summed E-state index contributed by atoms with van der Waals surface area (Å²) in [7, 11) is 4.03. The number of piperazine rings is 1. The summed E-state index contributed by atoms with van der Waals surface area (Å²) in [6, 6.07) is 8.34. The lowest BCUT2D eigenvalue weighted by Crippen LogP contribution is -2.51. The number of likely N-dealkylation sites (tertiary alicyclic amines) is 1. The molecule has 2 heterocycles. The van der Waals surface area contributed by atoms with Crippen LogP contribution < -0.4 is 16.8 Å². The standard InChI is InChI=1S/C18H27N5O/c1-21-15(14-5-3-4-6-17(14)24)9-16(18(19)20)23-10-12-7-8-13(11-23)22(12)2/h3-6,9,12-13,21,24H,7-8,10-11,19-20H2,1-2H3/b15-9-. The summed E-state index contributed by atoms with van der Waals surface area (Å²) in [4.78, 5) is 4.74. The lowest BCUT2D eigenvalue weighted by Gasteiger charge is -2.40. The van der Waals surface area contributed by atoms with Crippen molar-refractivity contribution in [3.63, 3.8) is 0 Å². The largest absolute Gasteiger partial charge is 0.507 e. The number of rotatable bonds is 4. The Morgan fingerprint density at radius 1 is 1.21 bits per heavy atom. The maximum Gasteiger partial charge on any atom is 0.124 e. The van der Waals surface area contributed by atoms with Gasteiger partial charge in [-0.1, -0.05) is 12.1 Å². The van der Waals surface area contributed by atoms with Gasteiger partial charge in [-0.2, -0.15) is 0 Å². The van der Waals surface area contributed by atoms with E-state index >= 15 is 0 Å². The number of hydrogen-bond donors (Lipinski definition) is 4. The van der Waals surface area contributed by atoms with E-state index in [9.17, 15) is 5.11 Å². The highest BCUT2D eigenvalue weighted by atomic mass is 16.3. The van der Waals surface area contributed by atoms with Gasteiger partial charge in [-0.3, -0.25) is 4.90 Å². The first kappa shape index (κ1) is 16.5. The molecule has 2 fully saturated rings. The number of hydrogen-bond acceptors (Lipinski definition) is 6. The van der Waals surface area contributed by atoms with Crippen molar-refractivity contribution < 1.29 is 5.11 Å². The van der Waals surface area contributed by atoms with E-state index in [0.717, 1.165) is 30.0 Å². The number of likely N-dealkylation sites (N-methyl/N-ethyl adjacent to an activating group) is 1. The molecule has 0 saturated carbocycles. The van der Waals surface area contributed by atoms with E-state index in [1.165, 1.54) is 12.8 Å². The number of phenols is 1. The highest BCUT2D eigenvalue weighted by molar-refractivity contribution is 5.70. The van der Waals surface area contributed by atoms with Crippen LogP contribution in [0, 0.1) is 0 Å². The van der Waals surface area contributed by atoms with Crippen molar-refractivity contribution in [2.24, 2.45) is 11.5 Å². The van der Waals surface area contributed by atoms with Gasteiger partial charge >= 0.3 is 0 Å². The average Bonchev–Trinajstić information content (AvgIpc) is 2.77. The van der Waals surface area contributed by atoms with Crippen molar-refractivity contribution in [3.05, 3.63) is 47.4 Å². The first-order valence-electron chi connectivity index (χ1n) is 8.41. The topological polar surface area (TPSA) is 90.8 Å². The fourth-order valence-electron chi connectivity index (χ4n) is 3.79. The van der Waals surface area contributed by atoms with Crippen LogP contribution in [0.15, 0.2) is 41.9 Å². The SMILES string of the molecule is CN/C(=C\C(=C(N)N)N1CC2CCC(C1)N2C)c1ccccc1O. The van der Waals surface area contributed by atoms with E-state index in [4.69, 9.17) is 11.5 Å². The zero-order chi connectivity index (χ0) is 17.3. The van der Waals surface area contributed by atoms with Gasteiger partial charge in [0.05, 0.1) is 5.70 Å². The molecule has 0 aliphatic carbocycles. The van der Waals surface area contributed by atoms with Crippen molar-refractivity contribution in [1.82, 2.24) is 15.1 Å². The third kappa shape index (κ3) is 3.01. The number of allylic oxidation sites excluding steroid dienone is 1. The molecule has 0 radical (unpaired) electrons. The summed E-state index contributed by atoms with van der Waals surface area (Å²) in [6.45, 7) is 1.85. The van der Waals surface area contributed by atoms with Crippen molar-refractivity contribution >= 4 is 5.70 Å². The molecular weight excluding hydrogens is 302 g/mol. The first-order valence-corrected chi connectivity index (χ1v) is 8.41. The molecule has 2 atom stereocenters. The molecule has 2 bridgehead atoms. The summed E-state index contributed by atoms with van der Waals surface area (Å²) >= 11 is 0. The summed E-state index contributed by atoms with van der Waals surface area (Å²) < 4.78 is 0. The van der Waals surface area contributed by atoms with E-state index < -0.39 is 0 Å². The normalized spacial score (nSPS) is 24.1. The zero-order valence-electron chi connectivity index (χ0n) is 14.4. The molecule has 2 saturated heterocycles. The average molecular weight is 329 g/mol. The first-order chi connectivity index (χ1) is 11.5. The van der Waals surface area contributed by atoms with Crippen LogP contribution in [0.1, 0.15) is 18.4 Å². The maximum atomic E-state index is 10.1. The van der Waals surface area contributed by atoms with E-state index in [-0.39, 0.29) is 5.75 Å². The Morgan fingerprint density at radius 2 is 1.83 bits per heavy atom. The quantitative estimate of drug-likeness (QED) is 0.612. The van der Waals surface area contributed by atoms with Crippen LogP contribution in [0.3, 0.4) is 0 Å². The predicted octanol–water partition coefficient (Wildman–Crippen LogP) is 0.817. The summed E-state index contributed by atoms with van der Waals surface area (Å²) in [5, 5.41) is 13.3. The van der Waals surface area contributed by atoms with Gasteiger partial charge in [0.25, 0.3) is 0 Å². The van der Waals surface area contributed by atoms with E-state index in [2.05, 4.69) is 22.2 Å². The van der Waals surface area contributed by atoms with Crippen molar-refractivity contribution in [3.8, 4) is 5.75 Å². The summed E-state index contributed by atoms with van der Waals surface area (Å²) in [5.41, 5.74) is 14.4. The van der Waals surface area contributed by atoms with Crippen molar-refractivity contribution in [2.45, 2.75) is 24.9 Å². The molecule has 130 valence electrons. The minimum absolute atomic E-state index is 0.228. The van der Waals surface area contributed by atoms with Gasteiger partial charge in [-0.05, 0) is 38.1 Å². The van der Waals surface area contributed by atoms with Crippen LogP contribution in [0.5, 0.6) is 5.75 Å².